The van der Waals surface area contributed by atoms with Gasteiger partial charge in [0.15, 0.2) is 5.78 Å². The molecule has 2 heterocycles. The fourth-order valence-corrected chi connectivity index (χ4v) is 1.55. The molecule has 0 bridgehead atoms. The number of hydrogen-bond acceptors (Lipinski definition) is 3. The predicted molar refractivity (Wildman–Crippen MR) is 49.3 cm³/mol. The molecule has 1 aliphatic rings. The van der Waals surface area contributed by atoms with Gasteiger partial charge in [-0.1, -0.05) is 6.07 Å². The quantitative estimate of drug-likeness (QED) is 0.694. The number of ketones is 1. The van der Waals surface area contributed by atoms with Crippen LogP contribution in [0.5, 0.6) is 0 Å². The molecule has 3 heteroatoms. The molecule has 0 amide bonds. The summed E-state index contributed by atoms with van der Waals surface area (Å²) >= 11 is 0. The average molecular weight is 176 g/mol. The molecule has 0 spiro atoms. The normalized spacial score (nSPS) is 22.2. The van der Waals surface area contributed by atoms with Crippen LogP contribution < -0.4 is 5.32 Å². The Kier molecular flexibility index (Phi) is 2.10. The van der Waals surface area contributed by atoms with Crippen LogP contribution in [-0.2, 0) is 4.79 Å². The van der Waals surface area contributed by atoms with Crippen LogP contribution in [0.25, 0.3) is 0 Å². The Bertz CT molecular complexity index is 318. The van der Waals surface area contributed by atoms with Crippen LogP contribution in [0.3, 0.4) is 0 Å². The maximum absolute atomic E-state index is 11.4. The van der Waals surface area contributed by atoms with Gasteiger partial charge in [-0.25, -0.2) is 0 Å². The van der Waals surface area contributed by atoms with E-state index in [1.165, 1.54) is 0 Å². The Balaban J connectivity index is 2.25. The summed E-state index contributed by atoms with van der Waals surface area (Å²) < 4.78 is 0. The van der Waals surface area contributed by atoms with Crippen molar-refractivity contribution in [2.45, 2.75) is 19.4 Å². The van der Waals surface area contributed by atoms with Gasteiger partial charge in [-0.3, -0.25) is 9.78 Å². The fraction of sp³-hybridized carbons (Fsp3) is 0.400. The van der Waals surface area contributed by atoms with Crippen molar-refractivity contribution >= 4 is 5.78 Å². The maximum atomic E-state index is 11.4. The lowest BCUT2D eigenvalue weighted by Crippen LogP contribution is -2.17. The lowest BCUT2D eigenvalue weighted by atomic mass is 10.1. The smallest absolute Gasteiger partial charge is 0.155 e. The van der Waals surface area contributed by atoms with Crippen molar-refractivity contribution in [3.05, 3.63) is 29.6 Å². The molecule has 0 aromatic carbocycles. The Morgan fingerprint density at radius 2 is 2.38 bits per heavy atom. The minimum Gasteiger partial charge on any atom is -0.303 e. The van der Waals surface area contributed by atoms with E-state index in [9.17, 15) is 4.79 Å². The number of Topliss-reactive ketones (excluding diaryl/α,β-unsaturated/α-hetero) is 1. The van der Waals surface area contributed by atoms with Gasteiger partial charge in [0.05, 0.1) is 6.04 Å². The summed E-state index contributed by atoms with van der Waals surface area (Å²) in [7, 11) is 0. The van der Waals surface area contributed by atoms with Crippen molar-refractivity contribution in [2.75, 3.05) is 6.54 Å². The molecule has 1 aliphatic heterocycles. The van der Waals surface area contributed by atoms with Crippen molar-refractivity contribution in [1.82, 2.24) is 10.3 Å². The largest absolute Gasteiger partial charge is 0.303 e. The summed E-state index contributed by atoms with van der Waals surface area (Å²) in [5, 5.41) is 3.15. The molecule has 0 saturated carbocycles. The van der Waals surface area contributed by atoms with Gasteiger partial charge in [0, 0.05) is 24.9 Å². The third-order valence-corrected chi connectivity index (χ3v) is 2.31. The molecule has 1 unspecified atom stereocenters. The second kappa shape index (κ2) is 3.26. The van der Waals surface area contributed by atoms with Crippen LogP contribution in [-0.4, -0.2) is 17.3 Å². The van der Waals surface area contributed by atoms with Gasteiger partial charge in [0.2, 0.25) is 0 Å². The van der Waals surface area contributed by atoms with Crippen LogP contribution in [0.1, 0.15) is 23.7 Å². The molecule has 1 atom stereocenters. The molecule has 0 aliphatic carbocycles. The van der Waals surface area contributed by atoms with E-state index >= 15 is 0 Å². The fourth-order valence-electron chi connectivity index (χ4n) is 1.55. The summed E-state index contributed by atoms with van der Waals surface area (Å²) in [5.41, 5.74) is 1.96. The summed E-state index contributed by atoms with van der Waals surface area (Å²) in [6, 6.07) is 3.78. The number of aryl methyl sites for hydroxylation is 1. The number of hydrogen-bond donors (Lipinski definition) is 1. The molecule has 1 saturated heterocycles. The number of pyridine rings is 1. The molecule has 1 aromatic rings. The van der Waals surface area contributed by atoms with Crippen molar-refractivity contribution < 1.29 is 4.79 Å². The zero-order chi connectivity index (χ0) is 9.26. The average Bonchev–Trinajstić information content (AvgIpc) is 2.53. The minimum atomic E-state index is -0.118. The molecule has 1 fully saturated rings. The molecule has 13 heavy (non-hydrogen) atoms. The lowest BCUT2D eigenvalue weighted by Gasteiger charge is -2.08. The highest BCUT2D eigenvalue weighted by atomic mass is 16.1. The van der Waals surface area contributed by atoms with E-state index in [1.807, 2.05) is 19.1 Å². The Labute approximate surface area is 77.2 Å². The van der Waals surface area contributed by atoms with Crippen molar-refractivity contribution in [3.8, 4) is 0 Å². The highest BCUT2D eigenvalue weighted by molar-refractivity contribution is 5.87. The molecule has 0 radical (unpaired) electrons. The molecule has 2 rings (SSSR count). The summed E-state index contributed by atoms with van der Waals surface area (Å²) in [4.78, 5) is 15.5. The van der Waals surface area contributed by atoms with Crippen molar-refractivity contribution in [1.29, 1.82) is 0 Å². The van der Waals surface area contributed by atoms with E-state index in [2.05, 4.69) is 10.3 Å². The first-order valence-electron chi connectivity index (χ1n) is 4.46. The monoisotopic (exact) mass is 176 g/mol. The van der Waals surface area contributed by atoms with Crippen LogP contribution in [0.4, 0.5) is 0 Å². The zero-order valence-corrected chi connectivity index (χ0v) is 7.58. The van der Waals surface area contributed by atoms with E-state index in [4.69, 9.17) is 0 Å². The highest BCUT2D eigenvalue weighted by Crippen LogP contribution is 2.18. The van der Waals surface area contributed by atoms with E-state index < -0.39 is 0 Å². The number of rotatable bonds is 1. The van der Waals surface area contributed by atoms with E-state index in [-0.39, 0.29) is 11.8 Å². The minimum absolute atomic E-state index is 0.118. The highest BCUT2D eigenvalue weighted by Gasteiger charge is 2.25. The summed E-state index contributed by atoms with van der Waals surface area (Å²) in [6.45, 7) is 2.73. The molecule has 68 valence electrons. The van der Waals surface area contributed by atoms with Crippen LogP contribution in [0, 0.1) is 6.92 Å². The van der Waals surface area contributed by atoms with E-state index in [1.54, 1.807) is 6.20 Å². The first-order chi connectivity index (χ1) is 6.27. The molecule has 3 nitrogen and oxygen atoms in total. The van der Waals surface area contributed by atoms with Gasteiger partial charge in [0.25, 0.3) is 0 Å². The van der Waals surface area contributed by atoms with E-state index in [0.717, 1.165) is 17.8 Å². The molecule has 1 N–H and O–H groups in total. The van der Waals surface area contributed by atoms with E-state index in [0.29, 0.717) is 6.42 Å². The first-order valence-corrected chi connectivity index (χ1v) is 4.46. The lowest BCUT2D eigenvalue weighted by molar-refractivity contribution is -0.118. The second-order valence-corrected chi connectivity index (χ2v) is 3.34. The van der Waals surface area contributed by atoms with Crippen LogP contribution in [0.15, 0.2) is 18.3 Å². The Hall–Kier alpha value is -1.22. The predicted octanol–water partition coefficient (Wildman–Crippen LogP) is 0.994. The molecular weight excluding hydrogens is 164 g/mol. The van der Waals surface area contributed by atoms with Crippen LogP contribution in [0.2, 0.25) is 0 Å². The number of aromatic nitrogens is 1. The SMILES string of the molecule is Cc1ccc(C2NCCC2=O)cn1. The van der Waals surface area contributed by atoms with Gasteiger partial charge in [0.1, 0.15) is 0 Å². The van der Waals surface area contributed by atoms with Gasteiger partial charge >= 0.3 is 0 Å². The Morgan fingerprint density at radius 1 is 1.54 bits per heavy atom. The summed E-state index contributed by atoms with van der Waals surface area (Å²) in [5.74, 6) is 0.269. The van der Waals surface area contributed by atoms with Gasteiger partial charge in [-0.2, -0.15) is 0 Å². The number of nitrogens with one attached hydrogen (secondary N) is 1. The summed E-state index contributed by atoms with van der Waals surface area (Å²) in [6.07, 6.45) is 2.41. The standard InChI is InChI=1S/C10H12N2O/c1-7-2-3-8(6-12-7)10-9(13)4-5-11-10/h2-3,6,10-11H,4-5H2,1H3. The molecular formula is C10H12N2O. The number of carbonyl (C=O) groups is 1. The van der Waals surface area contributed by atoms with Crippen molar-refractivity contribution in [3.63, 3.8) is 0 Å². The number of nitrogens with zero attached hydrogens (tertiary/aromatic N) is 1. The third-order valence-electron chi connectivity index (χ3n) is 2.31. The van der Waals surface area contributed by atoms with Crippen LogP contribution >= 0.6 is 0 Å². The zero-order valence-electron chi connectivity index (χ0n) is 7.58. The number of carbonyl (C=O) groups excluding carboxylic acids is 1. The van der Waals surface area contributed by atoms with Gasteiger partial charge in [-0.05, 0) is 18.6 Å². The maximum Gasteiger partial charge on any atom is 0.155 e. The van der Waals surface area contributed by atoms with Gasteiger partial charge in [-0.15, -0.1) is 0 Å². The van der Waals surface area contributed by atoms with Gasteiger partial charge < -0.3 is 5.32 Å². The second-order valence-electron chi connectivity index (χ2n) is 3.34. The topological polar surface area (TPSA) is 42.0 Å². The van der Waals surface area contributed by atoms with Crippen molar-refractivity contribution in [2.24, 2.45) is 0 Å². The molecule has 1 aromatic heterocycles. The Morgan fingerprint density at radius 3 is 2.92 bits per heavy atom. The first kappa shape index (κ1) is 8.38. The third kappa shape index (κ3) is 1.60.